The number of aromatic nitrogens is 1. The van der Waals surface area contributed by atoms with Gasteiger partial charge in [0.25, 0.3) is 5.69 Å². The van der Waals surface area contributed by atoms with Crippen LogP contribution in [0.5, 0.6) is 0 Å². The predicted molar refractivity (Wildman–Crippen MR) is 119 cm³/mol. The van der Waals surface area contributed by atoms with E-state index in [1.165, 1.54) is 6.07 Å². The van der Waals surface area contributed by atoms with Gasteiger partial charge in [-0.3, -0.25) is 19.9 Å². The van der Waals surface area contributed by atoms with Crippen molar-refractivity contribution < 1.29 is 9.72 Å². The number of benzene rings is 2. The minimum absolute atomic E-state index is 0.0108. The number of hydrogen-bond acceptors (Lipinski definition) is 5. The average Bonchev–Trinajstić information content (AvgIpc) is 2.79. The van der Waals surface area contributed by atoms with Crippen molar-refractivity contribution in [3.63, 3.8) is 0 Å². The van der Waals surface area contributed by atoms with Gasteiger partial charge in [-0.15, -0.1) is 0 Å². The van der Waals surface area contributed by atoms with Crippen molar-refractivity contribution in [2.24, 2.45) is 0 Å². The summed E-state index contributed by atoms with van der Waals surface area (Å²) in [6, 6.07) is 19.3. The number of dihydropyridines is 1. The normalized spacial score (nSPS) is 16.1. The molecule has 6 heteroatoms. The molecule has 0 aliphatic carbocycles. The van der Waals surface area contributed by atoms with Crippen LogP contribution in [0.2, 0.25) is 0 Å². The van der Waals surface area contributed by atoms with Crippen LogP contribution in [-0.2, 0) is 0 Å². The molecule has 0 saturated heterocycles. The highest BCUT2D eigenvalue weighted by molar-refractivity contribution is 6.12. The third-order valence-electron chi connectivity index (χ3n) is 5.43. The number of nitro groups is 1. The van der Waals surface area contributed by atoms with E-state index in [1.807, 2.05) is 50.2 Å². The van der Waals surface area contributed by atoms with Crippen molar-refractivity contribution in [2.45, 2.75) is 19.8 Å². The Balaban J connectivity index is 1.95. The first kappa shape index (κ1) is 20.2. The Morgan fingerprint density at radius 2 is 1.77 bits per heavy atom. The number of carbonyl (C=O) groups excluding carboxylic acids is 1. The van der Waals surface area contributed by atoms with E-state index in [4.69, 9.17) is 0 Å². The molecule has 6 nitrogen and oxygen atoms in total. The van der Waals surface area contributed by atoms with Crippen LogP contribution < -0.4 is 5.32 Å². The highest BCUT2D eigenvalue weighted by Gasteiger charge is 2.34. The number of nitro benzene ring substituents is 1. The van der Waals surface area contributed by atoms with Gasteiger partial charge < -0.3 is 5.32 Å². The van der Waals surface area contributed by atoms with E-state index in [-0.39, 0.29) is 11.5 Å². The highest BCUT2D eigenvalue weighted by Crippen LogP contribution is 2.44. The van der Waals surface area contributed by atoms with Gasteiger partial charge in [0.15, 0.2) is 5.78 Å². The molecule has 2 heterocycles. The smallest absolute Gasteiger partial charge is 0.269 e. The second kappa shape index (κ2) is 8.36. The lowest BCUT2D eigenvalue weighted by molar-refractivity contribution is -0.384. The monoisotopic (exact) mass is 411 g/mol. The van der Waals surface area contributed by atoms with Crippen LogP contribution in [0.25, 0.3) is 5.57 Å². The molecule has 0 amide bonds. The molecule has 0 radical (unpaired) electrons. The average molecular weight is 411 g/mol. The second-order valence-corrected chi connectivity index (χ2v) is 7.42. The van der Waals surface area contributed by atoms with Crippen molar-refractivity contribution in [3.05, 3.63) is 123 Å². The van der Waals surface area contributed by atoms with Gasteiger partial charge >= 0.3 is 0 Å². The van der Waals surface area contributed by atoms with Crippen LogP contribution in [-0.4, -0.2) is 15.7 Å². The van der Waals surface area contributed by atoms with Crippen LogP contribution >= 0.6 is 0 Å². The lowest BCUT2D eigenvalue weighted by Crippen LogP contribution is -2.27. The third kappa shape index (κ3) is 3.88. The lowest BCUT2D eigenvalue weighted by atomic mass is 9.75. The Hall–Kier alpha value is -4.06. The molecule has 1 atom stereocenters. The molecule has 0 saturated carbocycles. The molecule has 154 valence electrons. The molecule has 1 N–H and O–H groups in total. The fraction of sp³-hybridized carbons (Fsp3) is 0.120. The molecular formula is C25H21N3O3. The van der Waals surface area contributed by atoms with Gasteiger partial charge in [0, 0.05) is 53.0 Å². The Morgan fingerprint density at radius 1 is 1.00 bits per heavy atom. The summed E-state index contributed by atoms with van der Waals surface area (Å²) in [5, 5.41) is 14.8. The zero-order chi connectivity index (χ0) is 22.0. The zero-order valence-corrected chi connectivity index (χ0v) is 17.2. The number of ketones is 1. The van der Waals surface area contributed by atoms with Crippen LogP contribution in [0.1, 0.15) is 41.3 Å². The first-order valence-corrected chi connectivity index (χ1v) is 9.90. The Bertz CT molecular complexity index is 1220. The van der Waals surface area contributed by atoms with Gasteiger partial charge in [0.05, 0.1) is 4.92 Å². The summed E-state index contributed by atoms with van der Waals surface area (Å²) in [5.41, 5.74) is 5.15. The van der Waals surface area contributed by atoms with E-state index in [2.05, 4.69) is 10.3 Å². The van der Waals surface area contributed by atoms with Crippen molar-refractivity contribution in [1.82, 2.24) is 10.3 Å². The van der Waals surface area contributed by atoms with Crippen molar-refractivity contribution >= 4 is 17.0 Å². The van der Waals surface area contributed by atoms with Gasteiger partial charge in [-0.05, 0) is 36.6 Å². The summed E-state index contributed by atoms with van der Waals surface area (Å²) >= 11 is 0. The van der Waals surface area contributed by atoms with E-state index < -0.39 is 10.8 Å². The predicted octanol–water partition coefficient (Wildman–Crippen LogP) is 5.26. The quantitative estimate of drug-likeness (QED) is 0.351. The second-order valence-electron chi connectivity index (χ2n) is 7.42. The van der Waals surface area contributed by atoms with E-state index in [0.29, 0.717) is 16.7 Å². The Kier molecular flexibility index (Phi) is 5.45. The largest absolute Gasteiger partial charge is 0.362 e. The number of nitrogens with zero attached hydrogens (tertiary/aromatic N) is 2. The minimum atomic E-state index is -0.474. The fourth-order valence-corrected chi connectivity index (χ4v) is 4.10. The molecule has 1 unspecified atom stereocenters. The van der Waals surface area contributed by atoms with Crippen LogP contribution in [0.15, 0.2) is 96.1 Å². The van der Waals surface area contributed by atoms with Crippen molar-refractivity contribution in [1.29, 1.82) is 0 Å². The van der Waals surface area contributed by atoms with Gasteiger partial charge in [-0.2, -0.15) is 0 Å². The number of allylic oxidation sites excluding steroid dienone is 4. The molecule has 1 aliphatic rings. The summed E-state index contributed by atoms with van der Waals surface area (Å²) in [4.78, 5) is 28.9. The van der Waals surface area contributed by atoms with Gasteiger partial charge in [-0.1, -0.05) is 48.5 Å². The maximum absolute atomic E-state index is 13.6. The number of non-ortho nitro benzene ring substituents is 1. The van der Waals surface area contributed by atoms with E-state index in [1.54, 1.807) is 36.7 Å². The van der Waals surface area contributed by atoms with E-state index in [0.717, 1.165) is 22.5 Å². The van der Waals surface area contributed by atoms with Crippen LogP contribution in [0, 0.1) is 10.1 Å². The highest BCUT2D eigenvalue weighted by atomic mass is 16.6. The van der Waals surface area contributed by atoms with Crippen LogP contribution in [0.4, 0.5) is 5.69 Å². The van der Waals surface area contributed by atoms with Gasteiger partial charge in [-0.25, -0.2) is 0 Å². The molecule has 31 heavy (non-hydrogen) atoms. The topological polar surface area (TPSA) is 85.1 Å². The van der Waals surface area contributed by atoms with Gasteiger partial charge in [0.1, 0.15) is 0 Å². The summed E-state index contributed by atoms with van der Waals surface area (Å²) in [7, 11) is 0. The van der Waals surface area contributed by atoms with E-state index in [9.17, 15) is 14.9 Å². The molecule has 1 aromatic heterocycles. The standard InChI is InChI=1S/C25H21N3O3/c1-16-22(20-11-7-13-26-15-20)24(19-10-6-12-21(14-19)28(30)31)23(17(2)27-16)25(29)18-8-4-3-5-9-18/h3-15,24,27H,1-2H3. The molecule has 0 bridgehead atoms. The summed E-state index contributed by atoms with van der Waals surface area (Å²) in [5.74, 6) is -0.589. The van der Waals surface area contributed by atoms with Gasteiger partial charge in [0.2, 0.25) is 0 Å². The summed E-state index contributed by atoms with van der Waals surface area (Å²) in [6.45, 7) is 3.81. The first-order chi connectivity index (χ1) is 15.0. The summed E-state index contributed by atoms with van der Waals surface area (Å²) < 4.78 is 0. The molecular weight excluding hydrogens is 390 g/mol. The third-order valence-corrected chi connectivity index (χ3v) is 5.43. The number of nitrogens with one attached hydrogen (secondary N) is 1. The first-order valence-electron chi connectivity index (χ1n) is 9.90. The molecule has 0 spiro atoms. The molecule has 2 aromatic carbocycles. The molecule has 0 fully saturated rings. The molecule has 4 rings (SSSR count). The maximum Gasteiger partial charge on any atom is 0.269 e. The molecule has 3 aromatic rings. The Morgan fingerprint density at radius 3 is 2.45 bits per heavy atom. The summed E-state index contributed by atoms with van der Waals surface area (Å²) in [6.07, 6.45) is 3.44. The van der Waals surface area contributed by atoms with E-state index >= 15 is 0 Å². The number of rotatable bonds is 5. The maximum atomic E-state index is 13.6. The number of Topliss-reactive ketones (excluding diaryl/α,β-unsaturated/α-hetero) is 1. The molecule has 1 aliphatic heterocycles. The minimum Gasteiger partial charge on any atom is -0.362 e. The fourth-order valence-electron chi connectivity index (χ4n) is 4.10. The van der Waals surface area contributed by atoms with Crippen LogP contribution in [0.3, 0.4) is 0 Å². The van der Waals surface area contributed by atoms with Crippen molar-refractivity contribution in [2.75, 3.05) is 0 Å². The number of pyridine rings is 1. The van der Waals surface area contributed by atoms with Crippen molar-refractivity contribution in [3.8, 4) is 0 Å². The number of hydrogen-bond donors (Lipinski definition) is 1. The number of carbonyl (C=O) groups is 1. The zero-order valence-electron chi connectivity index (χ0n) is 17.2. The SMILES string of the molecule is CC1=C(C(=O)c2ccccc2)C(c2cccc([N+](=O)[O-])c2)C(c2cccnc2)=C(C)N1. The lowest BCUT2D eigenvalue weighted by Gasteiger charge is -2.32. The Labute approximate surface area is 180 Å².